The van der Waals surface area contributed by atoms with Crippen LogP contribution in [0.25, 0.3) is 0 Å². The Morgan fingerprint density at radius 1 is 1.35 bits per heavy atom. The minimum absolute atomic E-state index is 0.545. The van der Waals surface area contributed by atoms with Crippen LogP contribution in [0.1, 0.15) is 12.0 Å². The molecule has 3 nitrogen and oxygen atoms in total. The van der Waals surface area contributed by atoms with Crippen LogP contribution in [-0.2, 0) is 16.0 Å². The highest BCUT2D eigenvalue weighted by Gasteiger charge is 2.36. The summed E-state index contributed by atoms with van der Waals surface area (Å²) in [5.41, 5.74) is 1.08. The maximum atomic E-state index is 11.3. The lowest BCUT2D eigenvalue weighted by atomic mass is 10.1. The third-order valence-electron chi connectivity index (χ3n) is 2.35. The summed E-state index contributed by atoms with van der Waals surface area (Å²) < 4.78 is 8.37. The van der Waals surface area contributed by atoms with Gasteiger partial charge in [0.2, 0.25) is 6.29 Å². The molecule has 6 heteroatoms. The molecule has 1 aliphatic heterocycles. The van der Waals surface area contributed by atoms with Gasteiger partial charge in [0, 0.05) is 6.42 Å². The second-order valence-corrected chi connectivity index (χ2v) is 5.88. The van der Waals surface area contributed by atoms with E-state index in [1.165, 1.54) is 0 Å². The Balaban J connectivity index is 2.01. The summed E-state index contributed by atoms with van der Waals surface area (Å²) in [4.78, 5) is 11.3. The molecule has 1 aliphatic rings. The summed E-state index contributed by atoms with van der Waals surface area (Å²) in [5, 5.41) is 0. The average molecular weight is 296 g/mol. The number of alkyl halides is 3. The van der Waals surface area contributed by atoms with Gasteiger partial charge in [0.05, 0.1) is 0 Å². The SMILES string of the molecule is O=C(OC1CCc2ccccc2O1)C(Cl)(Cl)Cl. The highest BCUT2D eigenvalue weighted by atomic mass is 35.6. The first kappa shape index (κ1) is 12.8. The minimum atomic E-state index is -2.07. The summed E-state index contributed by atoms with van der Waals surface area (Å²) in [5.74, 6) is -0.229. The molecule has 1 atom stereocenters. The summed E-state index contributed by atoms with van der Waals surface area (Å²) in [6.45, 7) is 0. The zero-order valence-corrected chi connectivity index (χ0v) is 10.9. The molecule has 2 rings (SSSR count). The lowest BCUT2D eigenvalue weighted by Gasteiger charge is -2.26. The largest absolute Gasteiger partial charge is 0.454 e. The molecule has 1 aromatic rings. The van der Waals surface area contributed by atoms with Gasteiger partial charge in [0.25, 0.3) is 3.79 Å². The number of rotatable bonds is 1. The van der Waals surface area contributed by atoms with Crippen molar-refractivity contribution in [1.29, 1.82) is 0 Å². The second-order valence-electron chi connectivity index (χ2n) is 3.60. The van der Waals surface area contributed by atoms with Gasteiger partial charge < -0.3 is 9.47 Å². The minimum Gasteiger partial charge on any atom is -0.454 e. The van der Waals surface area contributed by atoms with Gasteiger partial charge >= 0.3 is 5.97 Å². The van der Waals surface area contributed by atoms with Crippen molar-refractivity contribution in [2.75, 3.05) is 0 Å². The molecule has 0 aromatic heterocycles. The lowest BCUT2D eigenvalue weighted by Crippen LogP contribution is -2.33. The highest BCUT2D eigenvalue weighted by molar-refractivity contribution is 6.75. The van der Waals surface area contributed by atoms with E-state index in [1.807, 2.05) is 24.3 Å². The van der Waals surface area contributed by atoms with E-state index in [-0.39, 0.29) is 0 Å². The summed E-state index contributed by atoms with van der Waals surface area (Å²) >= 11 is 16.2. The number of fused-ring (bicyclic) bond motifs is 1. The van der Waals surface area contributed by atoms with Gasteiger partial charge in [-0.1, -0.05) is 53.0 Å². The van der Waals surface area contributed by atoms with E-state index in [0.717, 1.165) is 12.0 Å². The molecule has 0 bridgehead atoms. The van der Waals surface area contributed by atoms with Crippen molar-refractivity contribution in [3.8, 4) is 5.75 Å². The van der Waals surface area contributed by atoms with Crippen molar-refractivity contribution < 1.29 is 14.3 Å². The first-order chi connectivity index (χ1) is 7.97. The molecular formula is C11H9Cl3O3. The van der Waals surface area contributed by atoms with Crippen LogP contribution in [0.2, 0.25) is 0 Å². The van der Waals surface area contributed by atoms with E-state index in [2.05, 4.69) is 0 Å². The predicted octanol–water partition coefficient (Wildman–Crippen LogP) is 3.25. The zero-order valence-electron chi connectivity index (χ0n) is 8.66. The smallest absolute Gasteiger partial charge is 0.361 e. The number of esters is 1. The van der Waals surface area contributed by atoms with Gasteiger partial charge in [-0.2, -0.15) is 0 Å². The molecule has 0 spiro atoms. The zero-order chi connectivity index (χ0) is 12.5. The second kappa shape index (κ2) is 4.92. The van der Waals surface area contributed by atoms with Gasteiger partial charge in [0.1, 0.15) is 5.75 Å². The van der Waals surface area contributed by atoms with Crippen LogP contribution >= 0.6 is 34.8 Å². The molecule has 1 heterocycles. The van der Waals surface area contributed by atoms with Crippen LogP contribution in [0.4, 0.5) is 0 Å². The highest BCUT2D eigenvalue weighted by Crippen LogP contribution is 2.31. The number of ether oxygens (including phenoxy) is 2. The van der Waals surface area contributed by atoms with E-state index < -0.39 is 16.1 Å². The average Bonchev–Trinajstić information content (AvgIpc) is 2.27. The molecular weight excluding hydrogens is 286 g/mol. The molecule has 0 aliphatic carbocycles. The van der Waals surface area contributed by atoms with E-state index in [0.29, 0.717) is 12.2 Å². The normalized spacial score (nSPS) is 19.1. The van der Waals surface area contributed by atoms with E-state index >= 15 is 0 Å². The molecule has 1 unspecified atom stereocenters. The summed E-state index contributed by atoms with van der Waals surface area (Å²) in [6, 6.07) is 7.54. The van der Waals surface area contributed by atoms with Crippen molar-refractivity contribution in [2.24, 2.45) is 0 Å². The molecule has 92 valence electrons. The van der Waals surface area contributed by atoms with Crippen molar-refractivity contribution in [2.45, 2.75) is 22.9 Å². The number of hydrogen-bond acceptors (Lipinski definition) is 3. The third kappa shape index (κ3) is 3.18. The number of para-hydroxylation sites is 1. The Labute approximate surface area is 114 Å². The fraction of sp³-hybridized carbons (Fsp3) is 0.364. The number of benzene rings is 1. The van der Waals surface area contributed by atoms with E-state index in [1.54, 1.807) is 0 Å². The third-order valence-corrected chi connectivity index (χ3v) is 2.81. The standard InChI is InChI=1S/C11H9Cl3O3/c12-11(13,14)10(15)17-9-6-5-7-3-1-2-4-8(7)16-9/h1-4,9H,5-6H2. The van der Waals surface area contributed by atoms with Crippen LogP contribution in [0.15, 0.2) is 24.3 Å². The first-order valence-electron chi connectivity index (χ1n) is 4.99. The first-order valence-corrected chi connectivity index (χ1v) is 6.12. The Kier molecular flexibility index (Phi) is 3.71. The Bertz CT molecular complexity index is 428. The van der Waals surface area contributed by atoms with Gasteiger partial charge in [0.15, 0.2) is 0 Å². The molecule has 0 radical (unpaired) electrons. The van der Waals surface area contributed by atoms with Crippen LogP contribution < -0.4 is 4.74 Å². The molecule has 17 heavy (non-hydrogen) atoms. The molecule has 0 saturated heterocycles. The van der Waals surface area contributed by atoms with Crippen LogP contribution in [0.3, 0.4) is 0 Å². The van der Waals surface area contributed by atoms with Gasteiger partial charge in [-0.15, -0.1) is 0 Å². The number of aryl methyl sites for hydroxylation is 1. The van der Waals surface area contributed by atoms with E-state index in [9.17, 15) is 4.79 Å². The maximum Gasteiger partial charge on any atom is 0.361 e. The Morgan fingerprint density at radius 2 is 2.06 bits per heavy atom. The number of carbonyl (C=O) groups is 1. The van der Waals surface area contributed by atoms with Crippen molar-refractivity contribution in [3.63, 3.8) is 0 Å². The topological polar surface area (TPSA) is 35.5 Å². The van der Waals surface area contributed by atoms with Crippen LogP contribution in [0.5, 0.6) is 5.75 Å². The van der Waals surface area contributed by atoms with Gasteiger partial charge in [-0.3, -0.25) is 0 Å². The number of carbonyl (C=O) groups excluding carboxylic acids is 1. The monoisotopic (exact) mass is 294 g/mol. The predicted molar refractivity (Wildman–Crippen MR) is 65.6 cm³/mol. The fourth-order valence-corrected chi connectivity index (χ4v) is 1.70. The van der Waals surface area contributed by atoms with Crippen molar-refractivity contribution in [1.82, 2.24) is 0 Å². The van der Waals surface area contributed by atoms with Gasteiger partial charge in [-0.25, -0.2) is 4.79 Å². The molecule has 0 fully saturated rings. The quantitative estimate of drug-likeness (QED) is 0.589. The number of hydrogen-bond donors (Lipinski definition) is 0. The molecule has 0 N–H and O–H groups in total. The van der Waals surface area contributed by atoms with Crippen LogP contribution in [0, 0.1) is 0 Å². The number of halogens is 3. The fourth-order valence-electron chi connectivity index (χ4n) is 1.57. The summed E-state index contributed by atoms with van der Waals surface area (Å²) in [7, 11) is 0. The lowest BCUT2D eigenvalue weighted by molar-refractivity contribution is -0.164. The van der Waals surface area contributed by atoms with Crippen molar-refractivity contribution >= 4 is 40.8 Å². The molecule has 0 amide bonds. The Hall–Kier alpha value is -0.640. The molecule has 0 saturated carbocycles. The van der Waals surface area contributed by atoms with Gasteiger partial charge in [-0.05, 0) is 18.1 Å². The maximum absolute atomic E-state index is 11.3. The Morgan fingerprint density at radius 3 is 2.76 bits per heavy atom. The molecule has 1 aromatic carbocycles. The van der Waals surface area contributed by atoms with E-state index in [4.69, 9.17) is 44.3 Å². The van der Waals surface area contributed by atoms with Crippen molar-refractivity contribution in [3.05, 3.63) is 29.8 Å². The van der Waals surface area contributed by atoms with Crippen LogP contribution in [-0.4, -0.2) is 16.1 Å². The summed E-state index contributed by atoms with van der Waals surface area (Å²) in [6.07, 6.45) is 0.602.